The van der Waals surface area contributed by atoms with Crippen LogP contribution in [0, 0.1) is 0 Å². The predicted octanol–water partition coefficient (Wildman–Crippen LogP) is 13.0. The molecule has 0 spiro atoms. The highest BCUT2D eigenvalue weighted by Gasteiger charge is 2.20. The average molecular weight is 613 g/mol. The summed E-state index contributed by atoms with van der Waals surface area (Å²) in [5.74, 6) is 0. The van der Waals surface area contributed by atoms with E-state index >= 15 is 0 Å². The van der Waals surface area contributed by atoms with Crippen molar-refractivity contribution in [3.8, 4) is 44.5 Å². The lowest BCUT2D eigenvalue weighted by Crippen LogP contribution is -1.93. The van der Waals surface area contributed by atoms with Crippen molar-refractivity contribution in [2.24, 2.45) is 0 Å². The molecule has 9 rings (SSSR count). The van der Waals surface area contributed by atoms with Crippen molar-refractivity contribution in [3.63, 3.8) is 0 Å². The van der Waals surface area contributed by atoms with E-state index in [1.165, 1.54) is 0 Å². The Bertz CT molecular complexity index is 4240. The van der Waals surface area contributed by atoms with Crippen LogP contribution in [0.3, 0.4) is 0 Å². The number of rotatable bonds is 4. The summed E-state index contributed by atoms with van der Waals surface area (Å²) in [6.45, 7) is 0. The highest BCUT2D eigenvalue weighted by Crippen LogP contribution is 2.47. The second-order valence-electron chi connectivity index (χ2n) is 9.75. The minimum atomic E-state index is -1.19. The molecule has 0 aliphatic carbocycles. The largest absolute Gasteiger partial charge is 0.0636 e. The van der Waals surface area contributed by atoms with Gasteiger partial charge in [-0.3, -0.25) is 0 Å². The zero-order valence-corrected chi connectivity index (χ0v) is 23.0. The van der Waals surface area contributed by atoms with Crippen LogP contribution >= 0.6 is 0 Å². The molecule has 0 aliphatic rings. The highest BCUT2D eigenvalue weighted by molar-refractivity contribution is 6.23. The molecule has 0 atom stereocenters. The van der Waals surface area contributed by atoms with Crippen LogP contribution in [-0.4, -0.2) is 0 Å². The lowest BCUT2D eigenvalue weighted by atomic mass is 9.82. The molecular weight excluding hydrogens is 553 g/mol. The third-order valence-corrected chi connectivity index (χ3v) is 7.25. The fraction of sp³-hybridized carbons (Fsp3) is 0. The van der Waals surface area contributed by atoms with Crippen LogP contribution in [0.25, 0.3) is 87.6 Å². The van der Waals surface area contributed by atoms with Crippen LogP contribution in [0.1, 0.15) is 41.1 Å². The molecule has 0 saturated carbocycles. The minimum Gasteiger partial charge on any atom is -0.0622 e. The molecule has 214 valence electrons. The fourth-order valence-corrected chi connectivity index (χ4v) is 5.31. The number of hydrogen-bond acceptors (Lipinski definition) is 0. The lowest BCUT2D eigenvalue weighted by Gasteiger charge is -2.21. The number of hydrogen-bond donors (Lipinski definition) is 0. The SMILES string of the molecule is [2H]c1c([2H])c([2H])c(-c2c([2H])c([2H])c([2H])c([2H])c2-c2c3c([2H])c([2H])c([2H])c([2H])c3c(-c3c([2H])c([2H])c4c([2H])c([2H])c([2H])c([2H])c4c3[2H])c3c([2H])c([2H])c(-c4c([2H])c([2H])c([2H])c5c([2H])c([2H])c([2H])c([2H])c45)c([2H])c23)c([2H])c1[2H]. The molecular formula is C46H30. The van der Waals surface area contributed by atoms with Gasteiger partial charge in [-0.1, -0.05) is 169 Å². The van der Waals surface area contributed by atoms with Gasteiger partial charge in [-0.15, -0.1) is 0 Å². The second kappa shape index (κ2) is 10.9. The van der Waals surface area contributed by atoms with Gasteiger partial charge in [0, 0.05) is 0 Å². The Kier molecular flexibility index (Phi) is 2.37. The van der Waals surface area contributed by atoms with Crippen LogP contribution in [0.15, 0.2) is 181 Å². The van der Waals surface area contributed by atoms with E-state index < -0.39 is 269 Å². The molecule has 46 heavy (non-hydrogen) atoms. The summed E-state index contributed by atoms with van der Waals surface area (Å²) in [4.78, 5) is 0. The van der Waals surface area contributed by atoms with Gasteiger partial charge in [0.15, 0.2) is 0 Å². The maximum Gasteiger partial charge on any atom is 0.0636 e. The molecule has 0 nitrogen and oxygen atoms in total. The quantitative estimate of drug-likeness (QED) is 0.173. The number of benzene rings is 9. The first kappa shape index (κ1) is 10.0. The standard InChI is InChI=1S/C46H30/c1-2-14-32(15-3-1)38-20-8-9-21-40(38)46-42-23-11-10-22-41(42)45(36-26-25-31-13-4-5-17-34(31)29-36)43-28-27-35(30-44(43)46)39-24-12-18-33-16-6-7-19-37(33)39/h1-30H/i1D,2D,3D,4D,5D,6D,7D,8D,9D,10D,11D,12D,13D,14D,15D,16D,17D,18D,19D,20D,21D,22D,23D,24D,25D,26D,27D,28D,29D,30D. The molecule has 0 heteroatoms. The van der Waals surface area contributed by atoms with Gasteiger partial charge in [-0.05, 0) is 99.7 Å². The molecule has 0 N–H and O–H groups in total. The van der Waals surface area contributed by atoms with Crippen molar-refractivity contribution < 1.29 is 41.1 Å². The molecule has 9 aromatic rings. The maximum atomic E-state index is 10.3. The van der Waals surface area contributed by atoms with Crippen LogP contribution in [-0.2, 0) is 0 Å². The Balaban J connectivity index is 1.74. The summed E-state index contributed by atoms with van der Waals surface area (Å²) < 4.78 is 271. The number of fused-ring (bicyclic) bond motifs is 4. The normalized spacial score (nSPS) is 20.6. The zero-order valence-electron chi connectivity index (χ0n) is 53.0. The summed E-state index contributed by atoms with van der Waals surface area (Å²) >= 11 is 0. The van der Waals surface area contributed by atoms with Crippen LogP contribution in [0.2, 0.25) is 0 Å². The molecule has 0 bridgehead atoms. The fourth-order valence-electron chi connectivity index (χ4n) is 5.31. The van der Waals surface area contributed by atoms with Gasteiger partial charge in [-0.25, -0.2) is 0 Å². The molecule has 0 radical (unpaired) electrons. The second-order valence-corrected chi connectivity index (χ2v) is 9.75. The van der Waals surface area contributed by atoms with Gasteiger partial charge in [0.1, 0.15) is 0 Å². The van der Waals surface area contributed by atoms with Crippen LogP contribution in [0.4, 0.5) is 0 Å². The van der Waals surface area contributed by atoms with Crippen molar-refractivity contribution in [2.45, 2.75) is 0 Å². The summed E-state index contributed by atoms with van der Waals surface area (Å²) in [5.41, 5.74) is -7.34. The summed E-state index contributed by atoms with van der Waals surface area (Å²) in [7, 11) is 0. The van der Waals surface area contributed by atoms with Crippen molar-refractivity contribution in [3.05, 3.63) is 181 Å². The maximum absolute atomic E-state index is 10.3. The summed E-state index contributed by atoms with van der Waals surface area (Å²) in [6.07, 6.45) is 0. The van der Waals surface area contributed by atoms with Crippen molar-refractivity contribution in [1.82, 2.24) is 0 Å². The average Bonchev–Trinajstić information content (AvgIpc) is 3.38. The Morgan fingerprint density at radius 3 is 1.65 bits per heavy atom. The van der Waals surface area contributed by atoms with E-state index in [1.807, 2.05) is 0 Å². The molecule has 0 amide bonds. The first-order valence-corrected chi connectivity index (χ1v) is 13.5. The van der Waals surface area contributed by atoms with Crippen molar-refractivity contribution in [2.75, 3.05) is 0 Å². The van der Waals surface area contributed by atoms with Gasteiger partial charge in [0.05, 0.1) is 41.1 Å². The van der Waals surface area contributed by atoms with E-state index in [-0.39, 0.29) is 0 Å². The predicted molar refractivity (Wildman–Crippen MR) is 198 cm³/mol. The highest BCUT2D eigenvalue weighted by atomic mass is 14.2. The molecule has 0 unspecified atom stereocenters. The molecule has 0 saturated heterocycles. The minimum absolute atomic E-state index is 0.653. The summed E-state index contributed by atoms with van der Waals surface area (Å²) in [6, 6.07) is -30.9. The van der Waals surface area contributed by atoms with Crippen LogP contribution < -0.4 is 0 Å². The van der Waals surface area contributed by atoms with Gasteiger partial charge in [-0.2, -0.15) is 0 Å². The van der Waals surface area contributed by atoms with E-state index in [0.717, 1.165) is 0 Å². The van der Waals surface area contributed by atoms with Gasteiger partial charge in [0.25, 0.3) is 0 Å². The smallest absolute Gasteiger partial charge is 0.0622 e. The first-order chi connectivity index (χ1) is 35.3. The Morgan fingerprint density at radius 1 is 0.261 bits per heavy atom. The molecule has 0 heterocycles. The topological polar surface area (TPSA) is 0 Å². The van der Waals surface area contributed by atoms with E-state index in [0.29, 0.717) is 0 Å². The van der Waals surface area contributed by atoms with Crippen molar-refractivity contribution in [1.29, 1.82) is 0 Å². The van der Waals surface area contributed by atoms with E-state index in [2.05, 4.69) is 0 Å². The zero-order chi connectivity index (χ0) is 56.6. The third kappa shape index (κ3) is 4.30. The van der Waals surface area contributed by atoms with E-state index in [4.69, 9.17) is 26.0 Å². The van der Waals surface area contributed by atoms with Crippen LogP contribution in [0.5, 0.6) is 0 Å². The van der Waals surface area contributed by atoms with Gasteiger partial charge >= 0.3 is 0 Å². The Morgan fingerprint density at radius 2 is 0.826 bits per heavy atom. The first-order valence-electron chi connectivity index (χ1n) is 28.5. The monoisotopic (exact) mass is 612 g/mol. The Hall–Kier alpha value is -5.98. The molecule has 0 aliphatic heterocycles. The molecule has 0 fully saturated rings. The lowest BCUT2D eigenvalue weighted by molar-refractivity contribution is 1.60. The van der Waals surface area contributed by atoms with Gasteiger partial charge in [0.2, 0.25) is 0 Å². The van der Waals surface area contributed by atoms with E-state index in [1.54, 1.807) is 0 Å². The molecule has 0 aromatic heterocycles. The van der Waals surface area contributed by atoms with Gasteiger partial charge < -0.3 is 0 Å². The van der Waals surface area contributed by atoms with E-state index in [9.17, 15) is 15.1 Å². The summed E-state index contributed by atoms with van der Waals surface area (Å²) in [5, 5.41) is -6.40. The third-order valence-electron chi connectivity index (χ3n) is 7.25. The molecule has 9 aromatic carbocycles. The van der Waals surface area contributed by atoms with Crippen molar-refractivity contribution >= 4 is 43.1 Å². The Labute approximate surface area is 311 Å².